The molecule has 0 aliphatic rings. The molecule has 98 valence electrons. The molecule has 2 heterocycles. The molecule has 2 aromatic heterocycles. The third kappa shape index (κ3) is 3.48. The summed E-state index contributed by atoms with van der Waals surface area (Å²) in [7, 11) is 0. The summed E-state index contributed by atoms with van der Waals surface area (Å²) in [5.74, 6) is -0.0543. The first-order valence-corrected chi connectivity index (χ1v) is 5.96. The van der Waals surface area contributed by atoms with Gasteiger partial charge in [0.2, 0.25) is 0 Å². The smallest absolute Gasteiger partial charge is 0.282 e. The highest BCUT2D eigenvalue weighted by atomic mass is 16.2. The molecule has 0 spiro atoms. The highest BCUT2D eigenvalue weighted by Gasteiger charge is 2.10. The second-order valence-electron chi connectivity index (χ2n) is 4.32. The van der Waals surface area contributed by atoms with E-state index in [1.807, 2.05) is 26.0 Å². The van der Waals surface area contributed by atoms with Crippen LogP contribution in [-0.2, 0) is 0 Å². The van der Waals surface area contributed by atoms with Crippen LogP contribution in [-0.4, -0.2) is 27.3 Å². The van der Waals surface area contributed by atoms with E-state index in [1.165, 1.54) is 6.21 Å². The van der Waals surface area contributed by atoms with Crippen molar-refractivity contribution in [3.05, 3.63) is 47.5 Å². The minimum Gasteiger partial charge on any atom is -0.282 e. The number of carbonyl (C=O) groups excluding carboxylic acids is 1. The second-order valence-corrected chi connectivity index (χ2v) is 4.32. The predicted molar refractivity (Wildman–Crippen MR) is 72.0 cm³/mol. The van der Waals surface area contributed by atoms with Crippen LogP contribution in [0.5, 0.6) is 0 Å². The van der Waals surface area contributed by atoms with Crippen LogP contribution in [0, 0.1) is 0 Å². The van der Waals surface area contributed by atoms with Gasteiger partial charge in [0.25, 0.3) is 5.91 Å². The molecule has 0 atom stereocenters. The minimum absolute atomic E-state index is 0.297. The number of carbonyl (C=O) groups is 1. The Kier molecular flexibility index (Phi) is 4.02. The Bertz CT molecular complexity index is 574. The maximum Gasteiger partial charge on any atom is 0.291 e. The maximum absolute atomic E-state index is 11.7. The molecule has 0 unspecified atom stereocenters. The van der Waals surface area contributed by atoms with Crippen molar-refractivity contribution in [3.8, 4) is 0 Å². The summed E-state index contributed by atoms with van der Waals surface area (Å²) in [6, 6.07) is 7.17. The number of rotatable bonds is 4. The maximum atomic E-state index is 11.7. The fourth-order valence-corrected chi connectivity index (χ4v) is 1.42. The molecule has 0 saturated carbocycles. The van der Waals surface area contributed by atoms with Crippen molar-refractivity contribution in [2.24, 2.45) is 5.10 Å². The third-order valence-corrected chi connectivity index (χ3v) is 2.50. The number of hydrogen-bond donors (Lipinski definition) is 2. The molecule has 2 aromatic rings. The van der Waals surface area contributed by atoms with Gasteiger partial charge in [0, 0.05) is 11.9 Å². The van der Waals surface area contributed by atoms with Crippen LogP contribution in [0.1, 0.15) is 41.6 Å². The van der Waals surface area contributed by atoms with Crippen LogP contribution >= 0.6 is 0 Å². The van der Waals surface area contributed by atoms with Crippen molar-refractivity contribution in [2.75, 3.05) is 0 Å². The fraction of sp³-hybridized carbons (Fsp3) is 0.231. The van der Waals surface area contributed by atoms with Gasteiger partial charge in [0.1, 0.15) is 0 Å². The van der Waals surface area contributed by atoms with Crippen molar-refractivity contribution in [1.82, 2.24) is 20.6 Å². The molecule has 0 aliphatic heterocycles. The van der Waals surface area contributed by atoms with Gasteiger partial charge >= 0.3 is 0 Å². The minimum atomic E-state index is -0.352. The molecule has 2 rings (SSSR count). The zero-order valence-electron chi connectivity index (χ0n) is 10.8. The molecule has 0 fully saturated rings. The number of aromatic amines is 1. The monoisotopic (exact) mass is 257 g/mol. The highest BCUT2D eigenvalue weighted by molar-refractivity contribution is 5.93. The lowest BCUT2D eigenvalue weighted by molar-refractivity contribution is 0.0950. The van der Waals surface area contributed by atoms with Gasteiger partial charge in [-0.2, -0.15) is 10.2 Å². The number of H-pyrrole nitrogens is 1. The molecule has 2 N–H and O–H groups in total. The van der Waals surface area contributed by atoms with Crippen LogP contribution in [0.2, 0.25) is 0 Å². The SMILES string of the molecule is CC(C)c1cc(C(=O)N/N=C\c2ccccn2)n[nH]1. The number of nitrogens with zero attached hydrogens (tertiary/aromatic N) is 3. The Morgan fingerprint density at radius 1 is 1.47 bits per heavy atom. The average molecular weight is 257 g/mol. The molecule has 19 heavy (non-hydrogen) atoms. The Hall–Kier alpha value is -2.50. The number of nitrogens with one attached hydrogen (secondary N) is 2. The standard InChI is InChI=1S/C13H15N5O/c1-9(2)11-7-12(17-16-11)13(19)18-15-8-10-5-3-4-6-14-10/h3-9H,1-2H3,(H,16,17)(H,18,19)/b15-8-. The lowest BCUT2D eigenvalue weighted by atomic mass is 10.1. The molecule has 0 aliphatic carbocycles. The van der Waals surface area contributed by atoms with E-state index in [4.69, 9.17) is 0 Å². The van der Waals surface area contributed by atoms with Gasteiger partial charge in [0.15, 0.2) is 5.69 Å². The number of pyridine rings is 1. The number of aromatic nitrogens is 3. The lowest BCUT2D eigenvalue weighted by Crippen LogP contribution is -2.18. The van der Waals surface area contributed by atoms with Gasteiger partial charge in [-0.05, 0) is 24.1 Å². The zero-order valence-corrected chi connectivity index (χ0v) is 10.8. The summed E-state index contributed by atoms with van der Waals surface area (Å²) in [5.41, 5.74) is 4.32. The Balaban J connectivity index is 1.96. The van der Waals surface area contributed by atoms with Gasteiger partial charge in [0.05, 0.1) is 11.9 Å². The largest absolute Gasteiger partial charge is 0.291 e. The van der Waals surface area contributed by atoms with E-state index in [9.17, 15) is 4.79 Å². The van der Waals surface area contributed by atoms with Crippen molar-refractivity contribution in [3.63, 3.8) is 0 Å². The molecule has 1 amide bonds. The normalized spacial score (nSPS) is 11.1. The summed E-state index contributed by atoms with van der Waals surface area (Å²) in [4.78, 5) is 15.8. The average Bonchev–Trinajstić information content (AvgIpc) is 2.89. The molecule has 0 bridgehead atoms. The molecule has 0 radical (unpaired) electrons. The summed E-state index contributed by atoms with van der Waals surface area (Å²) >= 11 is 0. The number of hydrazone groups is 1. The quantitative estimate of drug-likeness (QED) is 0.646. The van der Waals surface area contributed by atoms with Gasteiger partial charge in [-0.15, -0.1) is 0 Å². The van der Waals surface area contributed by atoms with Crippen molar-refractivity contribution < 1.29 is 4.79 Å². The van der Waals surface area contributed by atoms with E-state index < -0.39 is 0 Å². The fourth-order valence-electron chi connectivity index (χ4n) is 1.42. The Morgan fingerprint density at radius 2 is 2.32 bits per heavy atom. The lowest BCUT2D eigenvalue weighted by Gasteiger charge is -1.96. The first-order valence-electron chi connectivity index (χ1n) is 5.96. The summed E-state index contributed by atoms with van der Waals surface area (Å²) in [6.07, 6.45) is 3.14. The third-order valence-electron chi connectivity index (χ3n) is 2.50. The topological polar surface area (TPSA) is 83.0 Å². The molecule has 0 saturated heterocycles. The summed E-state index contributed by atoms with van der Waals surface area (Å²) in [6.45, 7) is 4.04. The van der Waals surface area contributed by atoms with Crippen LogP contribution in [0.15, 0.2) is 35.6 Å². The second kappa shape index (κ2) is 5.90. The Labute approximate surface area is 111 Å². The molecular formula is C13H15N5O. The summed E-state index contributed by atoms with van der Waals surface area (Å²) < 4.78 is 0. The summed E-state index contributed by atoms with van der Waals surface area (Å²) in [5, 5.41) is 10.6. The zero-order chi connectivity index (χ0) is 13.7. The first-order chi connectivity index (χ1) is 9.16. The highest BCUT2D eigenvalue weighted by Crippen LogP contribution is 2.11. The molecular weight excluding hydrogens is 242 g/mol. The molecule has 0 aromatic carbocycles. The van der Waals surface area contributed by atoms with E-state index in [0.717, 1.165) is 5.69 Å². The first kappa shape index (κ1) is 12.9. The van der Waals surface area contributed by atoms with Gasteiger partial charge in [-0.1, -0.05) is 19.9 Å². The van der Waals surface area contributed by atoms with Crippen LogP contribution in [0.3, 0.4) is 0 Å². The van der Waals surface area contributed by atoms with E-state index >= 15 is 0 Å². The van der Waals surface area contributed by atoms with Crippen LogP contribution in [0.4, 0.5) is 0 Å². The van der Waals surface area contributed by atoms with Gasteiger partial charge in [-0.25, -0.2) is 5.43 Å². The van der Waals surface area contributed by atoms with Crippen molar-refractivity contribution in [2.45, 2.75) is 19.8 Å². The number of amides is 1. The van der Waals surface area contributed by atoms with Crippen molar-refractivity contribution in [1.29, 1.82) is 0 Å². The Morgan fingerprint density at radius 3 is 2.95 bits per heavy atom. The van der Waals surface area contributed by atoms with E-state index in [2.05, 4.69) is 25.7 Å². The number of hydrogen-bond acceptors (Lipinski definition) is 4. The predicted octanol–water partition coefficient (Wildman–Crippen LogP) is 1.69. The van der Waals surface area contributed by atoms with E-state index in [0.29, 0.717) is 17.3 Å². The van der Waals surface area contributed by atoms with Crippen molar-refractivity contribution >= 4 is 12.1 Å². The van der Waals surface area contributed by atoms with E-state index in [1.54, 1.807) is 18.3 Å². The molecule has 6 nitrogen and oxygen atoms in total. The van der Waals surface area contributed by atoms with Gasteiger partial charge < -0.3 is 0 Å². The van der Waals surface area contributed by atoms with Gasteiger partial charge in [-0.3, -0.25) is 14.9 Å². The van der Waals surface area contributed by atoms with Crippen LogP contribution < -0.4 is 5.43 Å². The van der Waals surface area contributed by atoms with Crippen LogP contribution in [0.25, 0.3) is 0 Å². The molecule has 6 heteroatoms. The van der Waals surface area contributed by atoms with E-state index in [-0.39, 0.29) is 5.91 Å².